The molecule has 1 fully saturated rings. The van der Waals surface area contributed by atoms with Crippen molar-refractivity contribution >= 4 is 5.69 Å². The van der Waals surface area contributed by atoms with Crippen LogP contribution in [0.3, 0.4) is 0 Å². The monoisotopic (exact) mass is 588 g/mol. The van der Waals surface area contributed by atoms with Crippen molar-refractivity contribution in [1.82, 2.24) is 5.32 Å². The number of anilines is 1. The molecule has 2 aliphatic rings. The first kappa shape index (κ1) is 32.6. The van der Waals surface area contributed by atoms with Gasteiger partial charge in [-0.15, -0.1) is 0 Å². The van der Waals surface area contributed by atoms with Crippen molar-refractivity contribution < 1.29 is 38.3 Å². The number of rotatable bonds is 18. The van der Waals surface area contributed by atoms with Gasteiger partial charge in [-0.2, -0.15) is 0 Å². The van der Waals surface area contributed by atoms with Crippen LogP contribution in [0.25, 0.3) is 0 Å². The molecule has 234 valence electrons. The SMILES string of the molecule is COCCCN1CCOc2ccc(CO[C@H]3CNC[C@@H](OC[C@@H](O)COC)[C@@H]3c3ccc(COCCOC)cc3)cc21. The Labute approximate surface area is 250 Å². The van der Waals surface area contributed by atoms with E-state index in [4.69, 9.17) is 33.2 Å². The fraction of sp³-hybridized carbons (Fsp3) is 0.625. The molecule has 0 aromatic heterocycles. The van der Waals surface area contributed by atoms with Crippen LogP contribution >= 0.6 is 0 Å². The third kappa shape index (κ3) is 9.62. The van der Waals surface area contributed by atoms with Crippen molar-refractivity contribution in [2.75, 3.05) is 92.0 Å². The highest BCUT2D eigenvalue weighted by Gasteiger charge is 2.36. The van der Waals surface area contributed by atoms with Gasteiger partial charge < -0.3 is 48.5 Å². The lowest BCUT2D eigenvalue weighted by Gasteiger charge is -2.39. The third-order valence-corrected chi connectivity index (χ3v) is 7.64. The number of hydrogen-bond donors (Lipinski definition) is 2. The summed E-state index contributed by atoms with van der Waals surface area (Å²) in [6.07, 6.45) is -0.0254. The van der Waals surface area contributed by atoms with Gasteiger partial charge >= 0.3 is 0 Å². The number of methoxy groups -OCH3 is 3. The van der Waals surface area contributed by atoms with Gasteiger partial charge in [0.15, 0.2) is 0 Å². The smallest absolute Gasteiger partial charge is 0.142 e. The highest BCUT2D eigenvalue weighted by molar-refractivity contribution is 5.61. The molecule has 0 saturated carbocycles. The Kier molecular flexibility index (Phi) is 13.8. The molecule has 0 unspecified atom stereocenters. The molecule has 4 rings (SSSR count). The molecule has 10 nitrogen and oxygen atoms in total. The van der Waals surface area contributed by atoms with Gasteiger partial charge in [-0.05, 0) is 35.2 Å². The Hall–Kier alpha value is -2.28. The molecule has 1 saturated heterocycles. The summed E-state index contributed by atoms with van der Waals surface area (Å²) in [5.41, 5.74) is 4.43. The molecule has 0 radical (unpaired) electrons. The van der Waals surface area contributed by atoms with E-state index in [0.29, 0.717) is 46.1 Å². The quantitative estimate of drug-likeness (QED) is 0.253. The van der Waals surface area contributed by atoms with Gasteiger partial charge in [0.1, 0.15) is 18.5 Å². The average Bonchev–Trinajstić information content (AvgIpc) is 3.02. The summed E-state index contributed by atoms with van der Waals surface area (Å²) in [4.78, 5) is 2.36. The summed E-state index contributed by atoms with van der Waals surface area (Å²) < 4.78 is 39.9. The number of aliphatic hydroxyl groups excluding tert-OH is 1. The van der Waals surface area contributed by atoms with Crippen LogP contribution < -0.4 is 15.0 Å². The minimum absolute atomic E-state index is 0.0176. The van der Waals surface area contributed by atoms with E-state index >= 15 is 0 Å². The van der Waals surface area contributed by atoms with Crippen molar-refractivity contribution in [3.8, 4) is 5.75 Å². The molecule has 0 amide bonds. The maximum absolute atomic E-state index is 10.3. The summed E-state index contributed by atoms with van der Waals surface area (Å²) in [5, 5.41) is 13.7. The van der Waals surface area contributed by atoms with E-state index in [1.165, 1.54) is 0 Å². The average molecular weight is 589 g/mol. The van der Waals surface area contributed by atoms with Gasteiger partial charge in [0.05, 0.1) is 64.1 Å². The van der Waals surface area contributed by atoms with E-state index in [0.717, 1.165) is 54.2 Å². The molecule has 2 N–H and O–H groups in total. The van der Waals surface area contributed by atoms with Gasteiger partial charge in [-0.25, -0.2) is 0 Å². The Bertz CT molecular complexity index is 1040. The van der Waals surface area contributed by atoms with E-state index in [9.17, 15) is 5.11 Å². The molecular weight excluding hydrogens is 540 g/mol. The minimum Gasteiger partial charge on any atom is -0.490 e. The van der Waals surface area contributed by atoms with Crippen molar-refractivity contribution in [2.45, 2.75) is 43.9 Å². The van der Waals surface area contributed by atoms with Crippen LogP contribution in [0.5, 0.6) is 5.75 Å². The van der Waals surface area contributed by atoms with Gasteiger partial charge in [0.2, 0.25) is 0 Å². The fourth-order valence-corrected chi connectivity index (χ4v) is 5.50. The lowest BCUT2D eigenvalue weighted by Crippen LogP contribution is -2.51. The number of fused-ring (bicyclic) bond motifs is 1. The lowest BCUT2D eigenvalue weighted by atomic mass is 9.85. The fourth-order valence-electron chi connectivity index (χ4n) is 5.50. The number of aliphatic hydroxyl groups is 1. The summed E-state index contributed by atoms with van der Waals surface area (Å²) in [6.45, 7) is 7.11. The predicted octanol–water partition coefficient (Wildman–Crippen LogP) is 2.75. The number of hydrogen-bond acceptors (Lipinski definition) is 10. The van der Waals surface area contributed by atoms with Crippen LogP contribution in [0.15, 0.2) is 42.5 Å². The third-order valence-electron chi connectivity index (χ3n) is 7.64. The molecule has 42 heavy (non-hydrogen) atoms. The Balaban J connectivity index is 1.46. The van der Waals surface area contributed by atoms with E-state index < -0.39 is 6.10 Å². The second kappa shape index (κ2) is 17.7. The van der Waals surface area contributed by atoms with Crippen LogP contribution in [0.4, 0.5) is 5.69 Å². The van der Waals surface area contributed by atoms with Crippen LogP contribution in [-0.2, 0) is 41.6 Å². The number of ether oxygens (including phenoxy) is 7. The second-order valence-electron chi connectivity index (χ2n) is 10.8. The number of nitrogens with zero attached hydrogens (tertiary/aromatic N) is 1. The van der Waals surface area contributed by atoms with Crippen molar-refractivity contribution in [2.24, 2.45) is 0 Å². The highest BCUT2D eigenvalue weighted by Crippen LogP contribution is 2.34. The summed E-state index contributed by atoms with van der Waals surface area (Å²) in [7, 11) is 4.98. The zero-order chi connectivity index (χ0) is 29.6. The van der Waals surface area contributed by atoms with Crippen LogP contribution in [0.2, 0.25) is 0 Å². The lowest BCUT2D eigenvalue weighted by molar-refractivity contribution is -0.0856. The first-order valence-corrected chi connectivity index (χ1v) is 14.9. The van der Waals surface area contributed by atoms with Gasteiger partial charge in [-0.1, -0.05) is 30.3 Å². The highest BCUT2D eigenvalue weighted by atomic mass is 16.5. The molecular formula is C32H48N2O8. The Morgan fingerprint density at radius 3 is 2.40 bits per heavy atom. The molecule has 4 atom stereocenters. The van der Waals surface area contributed by atoms with E-state index in [1.54, 1.807) is 21.3 Å². The number of nitrogens with one attached hydrogen (secondary N) is 1. The van der Waals surface area contributed by atoms with E-state index in [2.05, 4.69) is 46.6 Å². The summed E-state index contributed by atoms with van der Waals surface area (Å²) in [6, 6.07) is 14.8. The van der Waals surface area contributed by atoms with Crippen molar-refractivity contribution in [3.05, 3.63) is 59.2 Å². The molecule has 2 heterocycles. The second-order valence-corrected chi connectivity index (χ2v) is 10.8. The molecule has 2 aromatic carbocycles. The van der Waals surface area contributed by atoms with Gasteiger partial charge in [0, 0.05) is 53.5 Å². The van der Waals surface area contributed by atoms with Gasteiger partial charge in [0.25, 0.3) is 0 Å². The zero-order valence-electron chi connectivity index (χ0n) is 25.3. The maximum atomic E-state index is 10.3. The van der Waals surface area contributed by atoms with Crippen molar-refractivity contribution in [1.29, 1.82) is 0 Å². The standard InChI is InChI=1S/C32H48N2O8/c1-36-13-4-11-34-12-14-40-29-10-7-25(17-28(29)34)21-41-30-18-33-19-31(42-23-27(35)22-38-3)32(30)26-8-5-24(6-9-26)20-39-16-15-37-2/h5-10,17,27,30-33,35H,4,11-16,18-23H2,1-3H3/t27-,30-,31+,32+/m0/s1. The molecule has 0 spiro atoms. The molecule has 10 heteroatoms. The minimum atomic E-state index is -0.687. The molecule has 2 aromatic rings. The van der Waals surface area contributed by atoms with Crippen molar-refractivity contribution in [3.63, 3.8) is 0 Å². The van der Waals surface area contributed by atoms with Crippen LogP contribution in [0.1, 0.15) is 29.0 Å². The molecule has 0 aliphatic carbocycles. The number of benzene rings is 2. The normalized spacial score (nSPS) is 21.1. The largest absolute Gasteiger partial charge is 0.490 e. The van der Waals surface area contributed by atoms with Crippen LogP contribution in [0, 0.1) is 0 Å². The van der Waals surface area contributed by atoms with Crippen LogP contribution in [-0.4, -0.2) is 111 Å². The van der Waals surface area contributed by atoms with Gasteiger partial charge in [-0.3, -0.25) is 0 Å². The Morgan fingerprint density at radius 1 is 0.881 bits per heavy atom. The Morgan fingerprint density at radius 2 is 1.64 bits per heavy atom. The summed E-state index contributed by atoms with van der Waals surface area (Å²) in [5.74, 6) is 0.893. The summed E-state index contributed by atoms with van der Waals surface area (Å²) >= 11 is 0. The maximum Gasteiger partial charge on any atom is 0.142 e. The predicted molar refractivity (Wildman–Crippen MR) is 160 cm³/mol. The number of piperidine rings is 1. The molecule has 0 bridgehead atoms. The first-order chi connectivity index (χ1) is 20.6. The first-order valence-electron chi connectivity index (χ1n) is 14.9. The topological polar surface area (TPSA) is 100 Å². The molecule has 2 aliphatic heterocycles. The van der Waals surface area contributed by atoms with E-state index in [-0.39, 0.29) is 31.3 Å². The zero-order valence-corrected chi connectivity index (χ0v) is 25.3. The van der Waals surface area contributed by atoms with E-state index in [1.807, 2.05) is 6.07 Å².